The number of nitrogens with zero attached hydrogens (tertiary/aromatic N) is 7. The van der Waals surface area contributed by atoms with Crippen LogP contribution in [0.3, 0.4) is 0 Å². The number of aromatic amines is 1. The fourth-order valence-electron chi connectivity index (χ4n) is 2.79. The number of hydrogen-bond acceptors (Lipinski definition) is 11. The standard InChI is InChI=1S/C16H16N10O3S/c1-29-22-12(11-8-30-15(17)19-11)13(27)18-10-7-25(14(10)28)26(16-20-23-24-21-16)9-5-3-2-4-6-9/h2-6,8,10H,7H2,1H3,(H2,17,19)(H,18,27)(H,20,21,23,24)/b22-12-/t10-/m0/s1. The third kappa shape index (κ3) is 3.62. The first-order valence-corrected chi connectivity index (χ1v) is 9.49. The van der Waals surface area contributed by atoms with Crippen molar-refractivity contribution in [1.29, 1.82) is 0 Å². The zero-order chi connectivity index (χ0) is 21.1. The molecule has 1 fully saturated rings. The van der Waals surface area contributed by atoms with E-state index in [-0.39, 0.29) is 34.9 Å². The Morgan fingerprint density at radius 2 is 2.23 bits per heavy atom. The first-order valence-electron chi connectivity index (χ1n) is 8.61. The molecule has 0 spiro atoms. The van der Waals surface area contributed by atoms with E-state index in [0.717, 1.165) is 11.3 Å². The van der Waals surface area contributed by atoms with Gasteiger partial charge in [-0.3, -0.25) is 9.59 Å². The second-order valence-electron chi connectivity index (χ2n) is 6.00. The van der Waals surface area contributed by atoms with Crippen LogP contribution in [0.1, 0.15) is 5.69 Å². The summed E-state index contributed by atoms with van der Waals surface area (Å²) in [6.07, 6.45) is 0. The molecule has 1 saturated heterocycles. The van der Waals surface area contributed by atoms with E-state index >= 15 is 0 Å². The molecule has 0 saturated carbocycles. The van der Waals surface area contributed by atoms with Crippen LogP contribution in [0.4, 0.5) is 16.8 Å². The average Bonchev–Trinajstić information content (AvgIpc) is 3.43. The number of carbonyl (C=O) groups excluding carboxylic acids is 2. The van der Waals surface area contributed by atoms with Crippen LogP contribution in [0.5, 0.6) is 0 Å². The van der Waals surface area contributed by atoms with Gasteiger partial charge in [0, 0.05) is 5.38 Å². The lowest BCUT2D eigenvalue weighted by Crippen LogP contribution is -2.68. The lowest BCUT2D eigenvalue weighted by Gasteiger charge is -2.44. The molecule has 0 aliphatic carbocycles. The van der Waals surface area contributed by atoms with Crippen LogP contribution in [-0.4, -0.2) is 67.8 Å². The van der Waals surface area contributed by atoms with E-state index in [9.17, 15) is 9.59 Å². The molecule has 0 unspecified atom stereocenters. The van der Waals surface area contributed by atoms with E-state index in [1.165, 1.54) is 17.1 Å². The van der Waals surface area contributed by atoms with Gasteiger partial charge in [-0.1, -0.05) is 28.5 Å². The second-order valence-corrected chi connectivity index (χ2v) is 6.89. The number of amides is 2. The molecule has 30 heavy (non-hydrogen) atoms. The summed E-state index contributed by atoms with van der Waals surface area (Å²) in [4.78, 5) is 34.2. The normalized spacial score (nSPS) is 16.2. The number of carbonyl (C=O) groups is 2. The number of nitrogen functional groups attached to an aromatic ring is 1. The van der Waals surface area contributed by atoms with Crippen molar-refractivity contribution in [3.05, 3.63) is 41.4 Å². The molecule has 3 heterocycles. The number of nitrogens with one attached hydrogen (secondary N) is 2. The molecule has 2 aromatic heterocycles. The van der Waals surface area contributed by atoms with E-state index in [2.05, 4.69) is 36.1 Å². The first-order chi connectivity index (χ1) is 14.6. The Labute approximate surface area is 173 Å². The molecule has 1 aliphatic heterocycles. The summed E-state index contributed by atoms with van der Waals surface area (Å²) < 4.78 is 0. The van der Waals surface area contributed by atoms with Gasteiger partial charge in [-0.05, 0) is 17.3 Å². The molecule has 154 valence electrons. The molecule has 4 rings (SSSR count). The number of tetrazole rings is 1. The molecule has 13 nitrogen and oxygen atoms in total. The zero-order valence-electron chi connectivity index (χ0n) is 15.6. The second kappa shape index (κ2) is 8.12. The molecule has 14 heteroatoms. The highest BCUT2D eigenvalue weighted by molar-refractivity contribution is 7.13. The van der Waals surface area contributed by atoms with Gasteiger partial charge >= 0.3 is 0 Å². The van der Waals surface area contributed by atoms with Gasteiger partial charge in [0.1, 0.15) is 18.8 Å². The molecular weight excluding hydrogens is 412 g/mol. The number of anilines is 3. The highest BCUT2D eigenvalue weighted by Gasteiger charge is 2.44. The number of oxime groups is 1. The summed E-state index contributed by atoms with van der Waals surface area (Å²) >= 11 is 1.16. The maximum atomic E-state index is 12.8. The number of β-lactam (4-membered cyclic amide) rings is 1. The molecule has 1 aliphatic rings. The molecule has 0 bridgehead atoms. The minimum atomic E-state index is -0.770. The monoisotopic (exact) mass is 428 g/mol. The fraction of sp³-hybridized carbons (Fsp3) is 0.188. The molecule has 2 amide bonds. The van der Waals surface area contributed by atoms with Gasteiger partial charge < -0.3 is 15.9 Å². The van der Waals surface area contributed by atoms with Gasteiger partial charge in [-0.2, -0.15) is 5.21 Å². The number of nitrogens with two attached hydrogens (primary N) is 1. The molecule has 1 atom stereocenters. The predicted molar refractivity (Wildman–Crippen MR) is 106 cm³/mol. The lowest BCUT2D eigenvalue weighted by molar-refractivity contribution is -0.145. The van der Waals surface area contributed by atoms with Crippen molar-refractivity contribution in [2.45, 2.75) is 6.04 Å². The highest BCUT2D eigenvalue weighted by atomic mass is 32.1. The Hall–Kier alpha value is -4.07. The quantitative estimate of drug-likeness (QED) is 0.259. The van der Waals surface area contributed by atoms with Crippen LogP contribution in [-0.2, 0) is 14.4 Å². The van der Waals surface area contributed by atoms with Crippen molar-refractivity contribution >= 4 is 45.6 Å². The number of hydrogen-bond donors (Lipinski definition) is 3. The van der Waals surface area contributed by atoms with Crippen LogP contribution in [0.25, 0.3) is 0 Å². The van der Waals surface area contributed by atoms with Crippen molar-refractivity contribution in [1.82, 2.24) is 35.9 Å². The fourth-order valence-corrected chi connectivity index (χ4v) is 3.34. The van der Waals surface area contributed by atoms with Crippen LogP contribution in [0.15, 0.2) is 40.9 Å². The minimum Gasteiger partial charge on any atom is -0.398 e. The molecule has 3 aromatic rings. The Bertz CT molecular complexity index is 1070. The van der Waals surface area contributed by atoms with E-state index in [1.807, 2.05) is 18.2 Å². The summed E-state index contributed by atoms with van der Waals surface area (Å²) in [5.74, 6) is -0.767. The van der Waals surface area contributed by atoms with E-state index < -0.39 is 11.9 Å². The number of aromatic nitrogens is 5. The maximum absolute atomic E-state index is 12.8. The summed E-state index contributed by atoms with van der Waals surface area (Å²) in [6.45, 7) is 0.188. The van der Waals surface area contributed by atoms with Crippen molar-refractivity contribution in [2.75, 3.05) is 24.4 Å². The maximum Gasteiger partial charge on any atom is 0.289 e. The van der Waals surface area contributed by atoms with Crippen molar-refractivity contribution in [3.63, 3.8) is 0 Å². The van der Waals surface area contributed by atoms with Crippen molar-refractivity contribution < 1.29 is 14.4 Å². The summed E-state index contributed by atoms with van der Waals surface area (Å²) in [6, 6.07) is 8.31. The van der Waals surface area contributed by atoms with E-state index in [1.54, 1.807) is 17.5 Å². The Morgan fingerprint density at radius 3 is 2.83 bits per heavy atom. The highest BCUT2D eigenvalue weighted by Crippen LogP contribution is 2.27. The largest absolute Gasteiger partial charge is 0.398 e. The molecule has 4 N–H and O–H groups in total. The number of benzene rings is 1. The van der Waals surface area contributed by atoms with Gasteiger partial charge in [0.2, 0.25) is 0 Å². The number of H-pyrrole nitrogens is 1. The number of para-hydroxylation sites is 1. The zero-order valence-corrected chi connectivity index (χ0v) is 16.4. The average molecular weight is 428 g/mol. The van der Waals surface area contributed by atoms with E-state index in [4.69, 9.17) is 10.6 Å². The third-order valence-corrected chi connectivity index (χ3v) is 4.82. The topological polar surface area (TPSA) is 168 Å². The summed E-state index contributed by atoms with van der Waals surface area (Å²) in [7, 11) is 1.31. The Morgan fingerprint density at radius 1 is 1.43 bits per heavy atom. The summed E-state index contributed by atoms with van der Waals surface area (Å²) in [5, 5.41) is 24.9. The predicted octanol–water partition coefficient (Wildman–Crippen LogP) is -0.331. The SMILES string of the molecule is CO/N=C(\C(=O)N[C@H]1CN(N(c2ccccc2)c2nn[nH]n2)C1=O)c1csc(N)n1. The molecular formula is C16H16N10O3S. The Balaban J connectivity index is 1.49. The summed E-state index contributed by atoms with van der Waals surface area (Å²) in [5.41, 5.74) is 6.47. The van der Waals surface area contributed by atoms with Gasteiger partial charge in [0.25, 0.3) is 17.8 Å². The Kier molecular flexibility index (Phi) is 5.21. The van der Waals surface area contributed by atoms with Crippen molar-refractivity contribution in [3.8, 4) is 0 Å². The molecule has 1 aromatic carbocycles. The molecule has 0 radical (unpaired) electrons. The first kappa shape index (κ1) is 19.3. The van der Waals surface area contributed by atoms with Gasteiger partial charge in [-0.15, -0.1) is 16.4 Å². The third-order valence-electron chi connectivity index (χ3n) is 4.14. The number of rotatable bonds is 7. The smallest absolute Gasteiger partial charge is 0.289 e. The van der Waals surface area contributed by atoms with Crippen LogP contribution in [0.2, 0.25) is 0 Å². The van der Waals surface area contributed by atoms with Crippen LogP contribution >= 0.6 is 11.3 Å². The van der Waals surface area contributed by atoms with Gasteiger partial charge in [-0.25, -0.2) is 15.0 Å². The van der Waals surface area contributed by atoms with Gasteiger partial charge in [0.15, 0.2) is 10.8 Å². The van der Waals surface area contributed by atoms with Crippen LogP contribution < -0.4 is 16.1 Å². The van der Waals surface area contributed by atoms with E-state index in [0.29, 0.717) is 5.69 Å². The van der Waals surface area contributed by atoms with Gasteiger partial charge in [0.05, 0.1) is 12.2 Å². The lowest BCUT2D eigenvalue weighted by atomic mass is 10.1. The van der Waals surface area contributed by atoms with Crippen molar-refractivity contribution in [2.24, 2.45) is 5.16 Å². The number of hydrazine groups is 1. The minimum absolute atomic E-state index is 0.0743. The van der Waals surface area contributed by atoms with Crippen LogP contribution in [0, 0.1) is 0 Å². The number of thiazole rings is 1.